The van der Waals surface area contributed by atoms with Gasteiger partial charge in [-0.25, -0.2) is 4.79 Å². The third-order valence-corrected chi connectivity index (χ3v) is 9.59. The zero-order valence-electron chi connectivity index (χ0n) is 24.2. The minimum absolute atomic E-state index is 0.0265. The molecule has 2 amide bonds. The van der Waals surface area contributed by atoms with Gasteiger partial charge in [0.05, 0.1) is 52.3 Å². The Morgan fingerprint density at radius 2 is 1.93 bits per heavy atom. The summed E-state index contributed by atoms with van der Waals surface area (Å²) in [6.07, 6.45) is 5.20. The van der Waals surface area contributed by atoms with Crippen LogP contribution in [0.15, 0.2) is 69.0 Å². The summed E-state index contributed by atoms with van der Waals surface area (Å²) in [5, 5.41) is 20.3. The molecule has 9 nitrogen and oxygen atoms in total. The zero-order chi connectivity index (χ0) is 30.5. The first kappa shape index (κ1) is 30.2. The third-order valence-electron chi connectivity index (χ3n) is 7.36. The number of nitriles is 1. The number of carbonyl (C=O) groups is 3. The van der Waals surface area contributed by atoms with E-state index in [1.54, 1.807) is 26.0 Å². The van der Waals surface area contributed by atoms with E-state index in [1.165, 1.54) is 17.6 Å². The van der Waals surface area contributed by atoms with Crippen molar-refractivity contribution in [3.05, 3.63) is 91.9 Å². The van der Waals surface area contributed by atoms with E-state index >= 15 is 0 Å². The highest BCUT2D eigenvalue weighted by Crippen LogP contribution is 2.42. The first-order valence-electron chi connectivity index (χ1n) is 14.1. The maximum Gasteiger partial charge on any atom is 0.341 e. The molecule has 3 aromatic rings. The smallest absolute Gasteiger partial charge is 0.341 e. The second-order valence-corrected chi connectivity index (χ2v) is 12.3. The molecule has 0 saturated heterocycles. The Morgan fingerprint density at radius 3 is 2.65 bits per heavy atom. The van der Waals surface area contributed by atoms with Gasteiger partial charge in [-0.2, -0.15) is 5.26 Å². The van der Waals surface area contributed by atoms with E-state index in [2.05, 4.69) is 22.0 Å². The summed E-state index contributed by atoms with van der Waals surface area (Å²) in [4.78, 5) is 40.7. The Morgan fingerprint density at radius 1 is 1.14 bits per heavy atom. The molecule has 2 aliphatic rings. The second-order valence-electron chi connectivity index (χ2n) is 10.2. The minimum atomic E-state index is -0.768. The van der Waals surface area contributed by atoms with Gasteiger partial charge in [0, 0.05) is 16.3 Å². The number of rotatable bonds is 9. The van der Waals surface area contributed by atoms with E-state index in [0.29, 0.717) is 38.3 Å². The number of anilines is 2. The number of furan rings is 1. The highest BCUT2D eigenvalue weighted by atomic mass is 32.2. The number of benzene rings is 1. The van der Waals surface area contributed by atoms with Gasteiger partial charge < -0.3 is 25.1 Å². The van der Waals surface area contributed by atoms with Crippen LogP contribution in [0.25, 0.3) is 0 Å². The largest absolute Gasteiger partial charge is 0.468 e. The van der Waals surface area contributed by atoms with Crippen molar-refractivity contribution in [2.75, 3.05) is 23.0 Å². The van der Waals surface area contributed by atoms with Gasteiger partial charge in [-0.1, -0.05) is 30.0 Å². The quantitative estimate of drug-likeness (QED) is 0.235. The summed E-state index contributed by atoms with van der Waals surface area (Å²) in [7, 11) is 0. The number of nitrogens with zero attached hydrogens (tertiary/aromatic N) is 1. The number of hydrogen-bond donors (Lipinski definition) is 3. The van der Waals surface area contributed by atoms with Crippen LogP contribution in [0.4, 0.5) is 10.7 Å². The molecular formula is C32H32N4O5S2. The van der Waals surface area contributed by atoms with E-state index in [0.717, 1.165) is 53.4 Å². The highest BCUT2D eigenvalue weighted by Gasteiger charge is 2.37. The maximum atomic E-state index is 13.6. The molecule has 0 spiro atoms. The van der Waals surface area contributed by atoms with Crippen molar-refractivity contribution in [3.63, 3.8) is 0 Å². The first-order chi connectivity index (χ1) is 20.8. The number of hydrogen-bond acceptors (Lipinski definition) is 9. The number of fused-ring (bicyclic) bond motifs is 1. The number of carbonyl (C=O) groups excluding carboxylic acids is 3. The lowest BCUT2D eigenvalue weighted by Crippen LogP contribution is -2.31. The molecule has 3 N–H and O–H groups in total. The number of ether oxygens (including phenoxy) is 1. The van der Waals surface area contributed by atoms with Crippen LogP contribution < -0.4 is 16.0 Å². The first-order valence-corrected chi connectivity index (χ1v) is 15.9. The fourth-order valence-electron chi connectivity index (χ4n) is 5.34. The molecule has 0 fully saturated rings. The van der Waals surface area contributed by atoms with Crippen LogP contribution in [-0.2, 0) is 27.2 Å². The predicted molar refractivity (Wildman–Crippen MR) is 168 cm³/mol. The molecule has 11 heteroatoms. The summed E-state index contributed by atoms with van der Waals surface area (Å²) >= 11 is 2.59. The number of thioether (sulfide) groups is 1. The summed E-state index contributed by atoms with van der Waals surface area (Å²) in [5.41, 5.74) is 4.17. The number of nitrogens with one attached hydrogen (secondary N) is 3. The molecule has 5 rings (SSSR count). The Bertz CT molecular complexity index is 1660. The molecule has 1 aliphatic carbocycles. The van der Waals surface area contributed by atoms with Crippen molar-refractivity contribution in [1.29, 1.82) is 5.26 Å². The molecular weight excluding hydrogens is 585 g/mol. The van der Waals surface area contributed by atoms with Gasteiger partial charge in [0.15, 0.2) is 0 Å². The predicted octanol–water partition coefficient (Wildman–Crippen LogP) is 6.41. The van der Waals surface area contributed by atoms with Crippen LogP contribution in [0.1, 0.15) is 64.7 Å². The molecule has 0 unspecified atom stereocenters. The zero-order valence-corrected chi connectivity index (χ0v) is 25.8. The van der Waals surface area contributed by atoms with Crippen molar-refractivity contribution < 1.29 is 23.5 Å². The normalized spacial score (nSPS) is 16.2. The molecule has 0 bridgehead atoms. The number of thiophene rings is 1. The summed E-state index contributed by atoms with van der Waals surface area (Å²) in [5.74, 6) is -1.45. The molecule has 0 radical (unpaired) electrons. The van der Waals surface area contributed by atoms with Crippen molar-refractivity contribution in [3.8, 4) is 6.07 Å². The summed E-state index contributed by atoms with van der Waals surface area (Å²) in [6.45, 7) is 5.67. The molecule has 1 aliphatic heterocycles. The standard InChI is InChI=1S/C32H32N4O5S2/c1-4-40-32(39)28-20-11-6-8-14-24(20)43-31(28)36-25(37)17-42-30-21(16-33)27(23-13-9-15-41-23)26(19(3)34-30)29(38)35-22-12-7-5-10-18(22)2/h5,7,9-10,12-13,15,27,34H,4,6,8,11,14,17H2,1-3H3,(H,35,38)(H,36,37)/t27-/m1/s1. The van der Waals surface area contributed by atoms with Gasteiger partial charge in [-0.3, -0.25) is 9.59 Å². The van der Waals surface area contributed by atoms with Gasteiger partial charge >= 0.3 is 5.97 Å². The van der Waals surface area contributed by atoms with Crippen LogP contribution in [0.2, 0.25) is 0 Å². The Balaban J connectivity index is 1.38. The van der Waals surface area contributed by atoms with E-state index < -0.39 is 11.9 Å². The van der Waals surface area contributed by atoms with E-state index in [4.69, 9.17) is 9.15 Å². The maximum absolute atomic E-state index is 13.6. The highest BCUT2D eigenvalue weighted by molar-refractivity contribution is 8.03. The average Bonchev–Trinajstić information content (AvgIpc) is 3.65. The van der Waals surface area contributed by atoms with Crippen LogP contribution in [0.5, 0.6) is 0 Å². The Kier molecular flexibility index (Phi) is 9.38. The lowest BCUT2D eigenvalue weighted by molar-refractivity contribution is -0.114. The number of allylic oxidation sites excluding steroid dienone is 2. The molecule has 0 saturated carbocycles. The summed E-state index contributed by atoms with van der Waals surface area (Å²) < 4.78 is 11.0. The third kappa shape index (κ3) is 6.40. The van der Waals surface area contributed by atoms with Crippen LogP contribution in [-0.4, -0.2) is 30.1 Å². The van der Waals surface area contributed by atoms with Crippen molar-refractivity contribution in [1.82, 2.24) is 5.32 Å². The van der Waals surface area contributed by atoms with Gasteiger partial charge in [0.1, 0.15) is 10.8 Å². The minimum Gasteiger partial charge on any atom is -0.468 e. The van der Waals surface area contributed by atoms with E-state index in [9.17, 15) is 19.6 Å². The second kappa shape index (κ2) is 13.4. The molecule has 3 heterocycles. The molecule has 43 heavy (non-hydrogen) atoms. The van der Waals surface area contributed by atoms with Gasteiger partial charge in [-0.05, 0) is 75.8 Å². The topological polar surface area (TPSA) is 133 Å². The summed E-state index contributed by atoms with van der Waals surface area (Å²) in [6, 6.07) is 13.1. The number of aryl methyl sites for hydroxylation is 2. The Hall–Kier alpha value is -4.27. The van der Waals surface area contributed by atoms with Gasteiger partial charge in [-0.15, -0.1) is 11.3 Å². The van der Waals surface area contributed by atoms with E-state index in [1.807, 2.05) is 31.2 Å². The monoisotopic (exact) mass is 616 g/mol. The number of esters is 1. The average molecular weight is 617 g/mol. The van der Waals surface area contributed by atoms with Crippen molar-refractivity contribution >= 4 is 51.6 Å². The molecule has 222 valence electrons. The lowest BCUT2D eigenvalue weighted by atomic mass is 9.85. The SMILES string of the molecule is CCOC(=O)c1c(NC(=O)CSC2=C(C#N)[C@H](c3ccco3)C(C(=O)Nc3ccccc3C)=C(C)N2)sc2c1CCCC2. The van der Waals surface area contributed by atoms with Crippen LogP contribution in [0.3, 0.4) is 0 Å². The molecule has 2 aromatic heterocycles. The number of dihydropyridines is 1. The van der Waals surface area contributed by atoms with Crippen LogP contribution >= 0.6 is 23.1 Å². The number of para-hydroxylation sites is 1. The fourth-order valence-corrected chi connectivity index (χ4v) is 7.53. The van der Waals surface area contributed by atoms with E-state index in [-0.39, 0.29) is 29.7 Å². The molecule has 1 aromatic carbocycles. The van der Waals surface area contributed by atoms with Crippen LogP contribution in [0, 0.1) is 18.3 Å². The Labute approximate surface area is 258 Å². The lowest BCUT2D eigenvalue weighted by Gasteiger charge is -2.28. The van der Waals surface area contributed by atoms with Crippen molar-refractivity contribution in [2.45, 2.75) is 52.4 Å². The fraction of sp³-hybridized carbons (Fsp3) is 0.312. The number of amides is 2. The van der Waals surface area contributed by atoms with Gasteiger partial charge in [0.2, 0.25) is 5.91 Å². The molecule has 1 atom stereocenters. The van der Waals surface area contributed by atoms with Crippen molar-refractivity contribution in [2.24, 2.45) is 0 Å². The van der Waals surface area contributed by atoms with Gasteiger partial charge in [0.25, 0.3) is 5.91 Å².